The van der Waals surface area contributed by atoms with E-state index in [4.69, 9.17) is 0 Å². The molecule has 3 heteroatoms. The molecule has 0 atom stereocenters. The Balaban J connectivity index is 1.78. The predicted molar refractivity (Wildman–Crippen MR) is 54.7 cm³/mol. The zero-order valence-electron chi connectivity index (χ0n) is 8.26. The standard InChI is InChI=1S/C10H19N3/c1-4-8-13(9-5-1)12-10-6-2-3-7-11-10/h1-9H2,(H,11,12). The van der Waals surface area contributed by atoms with Crippen LogP contribution in [-0.4, -0.2) is 30.5 Å². The summed E-state index contributed by atoms with van der Waals surface area (Å²) in [5, 5.41) is 2.33. The molecule has 0 bridgehead atoms. The number of hydrazine groups is 1. The van der Waals surface area contributed by atoms with Gasteiger partial charge in [0, 0.05) is 26.1 Å². The minimum absolute atomic E-state index is 1.02. The molecular formula is C10H19N3. The molecule has 0 aromatic rings. The highest BCUT2D eigenvalue weighted by atomic mass is 15.5. The van der Waals surface area contributed by atoms with Gasteiger partial charge >= 0.3 is 0 Å². The number of nitrogens with zero attached hydrogens (tertiary/aromatic N) is 2. The summed E-state index contributed by atoms with van der Waals surface area (Å²) in [5.41, 5.74) is 3.44. The molecule has 0 radical (unpaired) electrons. The quantitative estimate of drug-likeness (QED) is 0.665. The van der Waals surface area contributed by atoms with E-state index >= 15 is 0 Å². The molecule has 0 aliphatic carbocycles. The van der Waals surface area contributed by atoms with Crippen LogP contribution >= 0.6 is 0 Å². The van der Waals surface area contributed by atoms with Gasteiger partial charge in [0.25, 0.3) is 0 Å². The van der Waals surface area contributed by atoms with Gasteiger partial charge in [-0.2, -0.15) is 0 Å². The van der Waals surface area contributed by atoms with Crippen LogP contribution in [-0.2, 0) is 0 Å². The maximum absolute atomic E-state index is 4.49. The summed E-state index contributed by atoms with van der Waals surface area (Å²) < 4.78 is 0. The Labute approximate surface area is 80.2 Å². The number of hydrogen-bond donors (Lipinski definition) is 1. The molecule has 0 saturated carbocycles. The van der Waals surface area contributed by atoms with E-state index in [9.17, 15) is 0 Å². The lowest BCUT2D eigenvalue weighted by atomic mass is 10.1. The number of aliphatic imine (C=N–C) groups is 1. The van der Waals surface area contributed by atoms with Gasteiger partial charge in [0.05, 0.1) is 0 Å². The van der Waals surface area contributed by atoms with Crippen LogP contribution in [0.4, 0.5) is 0 Å². The first-order valence-corrected chi connectivity index (χ1v) is 5.50. The van der Waals surface area contributed by atoms with Crippen molar-refractivity contribution in [2.45, 2.75) is 38.5 Å². The Morgan fingerprint density at radius 3 is 2.54 bits per heavy atom. The molecule has 74 valence electrons. The van der Waals surface area contributed by atoms with Gasteiger partial charge in [0.15, 0.2) is 0 Å². The average molecular weight is 181 g/mol. The zero-order valence-corrected chi connectivity index (χ0v) is 8.26. The number of hydrogen-bond acceptors (Lipinski definition) is 3. The second-order valence-corrected chi connectivity index (χ2v) is 3.95. The summed E-state index contributed by atoms with van der Waals surface area (Å²) in [6.07, 6.45) is 7.78. The van der Waals surface area contributed by atoms with Crippen molar-refractivity contribution in [3.8, 4) is 0 Å². The zero-order chi connectivity index (χ0) is 8.93. The van der Waals surface area contributed by atoms with E-state index in [-0.39, 0.29) is 0 Å². The molecule has 2 aliphatic rings. The third-order valence-electron chi connectivity index (χ3n) is 2.77. The lowest BCUT2D eigenvalue weighted by Crippen LogP contribution is -2.45. The smallest absolute Gasteiger partial charge is 0.111 e. The van der Waals surface area contributed by atoms with E-state index in [2.05, 4.69) is 15.4 Å². The van der Waals surface area contributed by atoms with Crippen LogP contribution in [0.25, 0.3) is 0 Å². The monoisotopic (exact) mass is 181 g/mol. The molecule has 0 aromatic carbocycles. The summed E-state index contributed by atoms with van der Waals surface area (Å²) >= 11 is 0. The van der Waals surface area contributed by atoms with Crippen LogP contribution in [0.3, 0.4) is 0 Å². The topological polar surface area (TPSA) is 27.6 Å². The van der Waals surface area contributed by atoms with Crippen molar-refractivity contribution in [2.24, 2.45) is 4.99 Å². The van der Waals surface area contributed by atoms with Crippen LogP contribution < -0.4 is 5.43 Å². The lowest BCUT2D eigenvalue weighted by Gasteiger charge is -2.29. The second-order valence-electron chi connectivity index (χ2n) is 3.95. The Kier molecular flexibility index (Phi) is 3.19. The molecule has 0 aromatic heterocycles. The molecule has 0 spiro atoms. The van der Waals surface area contributed by atoms with Crippen LogP contribution in [0.2, 0.25) is 0 Å². The minimum atomic E-state index is 1.02. The van der Waals surface area contributed by atoms with Crippen LogP contribution in [0.1, 0.15) is 38.5 Å². The molecule has 13 heavy (non-hydrogen) atoms. The maximum atomic E-state index is 4.49. The fraction of sp³-hybridized carbons (Fsp3) is 0.900. The first-order valence-electron chi connectivity index (χ1n) is 5.50. The first-order chi connectivity index (χ1) is 6.45. The van der Waals surface area contributed by atoms with E-state index in [1.54, 1.807) is 0 Å². The molecule has 2 aliphatic heterocycles. The van der Waals surface area contributed by atoms with Crippen molar-refractivity contribution in [3.05, 3.63) is 0 Å². The van der Waals surface area contributed by atoms with E-state index in [1.165, 1.54) is 51.0 Å². The van der Waals surface area contributed by atoms with Gasteiger partial charge in [0.1, 0.15) is 5.84 Å². The summed E-state index contributed by atoms with van der Waals surface area (Å²) in [6, 6.07) is 0. The molecule has 1 fully saturated rings. The Hall–Kier alpha value is -0.570. The molecule has 0 amide bonds. The van der Waals surface area contributed by atoms with Crippen molar-refractivity contribution in [3.63, 3.8) is 0 Å². The average Bonchev–Trinajstić information content (AvgIpc) is 2.21. The van der Waals surface area contributed by atoms with Crippen molar-refractivity contribution in [1.82, 2.24) is 10.4 Å². The highest BCUT2D eigenvalue weighted by Gasteiger charge is 2.12. The highest BCUT2D eigenvalue weighted by Crippen LogP contribution is 2.08. The van der Waals surface area contributed by atoms with E-state index < -0.39 is 0 Å². The molecule has 1 saturated heterocycles. The van der Waals surface area contributed by atoms with Gasteiger partial charge < -0.3 is 5.43 Å². The van der Waals surface area contributed by atoms with E-state index in [0.29, 0.717) is 0 Å². The molecule has 2 rings (SSSR count). The third kappa shape index (κ3) is 2.69. The Morgan fingerprint density at radius 1 is 1.00 bits per heavy atom. The van der Waals surface area contributed by atoms with E-state index in [0.717, 1.165) is 13.0 Å². The summed E-state index contributed by atoms with van der Waals surface area (Å²) in [7, 11) is 0. The lowest BCUT2D eigenvalue weighted by molar-refractivity contribution is 0.192. The fourth-order valence-corrected chi connectivity index (χ4v) is 1.98. The van der Waals surface area contributed by atoms with E-state index in [1.807, 2.05) is 0 Å². The normalized spacial score (nSPS) is 25.4. The largest absolute Gasteiger partial charge is 0.307 e. The molecule has 1 N–H and O–H groups in total. The molecule has 3 nitrogen and oxygen atoms in total. The van der Waals surface area contributed by atoms with Crippen molar-refractivity contribution < 1.29 is 0 Å². The van der Waals surface area contributed by atoms with Gasteiger partial charge in [0.2, 0.25) is 0 Å². The SMILES string of the molecule is C1CCN(NC2=NCCCC2)CC1. The van der Waals surface area contributed by atoms with Crippen LogP contribution in [0, 0.1) is 0 Å². The summed E-state index contributed by atoms with van der Waals surface area (Å²) in [6.45, 7) is 3.41. The number of amidine groups is 1. The minimum Gasteiger partial charge on any atom is -0.307 e. The van der Waals surface area contributed by atoms with Gasteiger partial charge in [-0.3, -0.25) is 4.99 Å². The van der Waals surface area contributed by atoms with Crippen molar-refractivity contribution in [2.75, 3.05) is 19.6 Å². The van der Waals surface area contributed by atoms with Gasteiger partial charge in [-0.15, -0.1) is 0 Å². The predicted octanol–water partition coefficient (Wildman–Crippen LogP) is 1.56. The summed E-state index contributed by atoms with van der Waals surface area (Å²) in [4.78, 5) is 4.49. The molecular weight excluding hydrogens is 162 g/mol. The van der Waals surface area contributed by atoms with Gasteiger partial charge in [-0.1, -0.05) is 6.42 Å². The van der Waals surface area contributed by atoms with Crippen LogP contribution in [0.15, 0.2) is 4.99 Å². The third-order valence-corrected chi connectivity index (χ3v) is 2.77. The second kappa shape index (κ2) is 4.61. The van der Waals surface area contributed by atoms with Crippen LogP contribution in [0.5, 0.6) is 0 Å². The van der Waals surface area contributed by atoms with Gasteiger partial charge in [-0.25, -0.2) is 5.01 Å². The fourth-order valence-electron chi connectivity index (χ4n) is 1.98. The molecule has 2 heterocycles. The Bertz CT molecular complexity index is 183. The maximum Gasteiger partial charge on any atom is 0.111 e. The van der Waals surface area contributed by atoms with Crippen molar-refractivity contribution >= 4 is 5.84 Å². The van der Waals surface area contributed by atoms with Crippen molar-refractivity contribution in [1.29, 1.82) is 0 Å². The first kappa shape index (κ1) is 9.00. The highest BCUT2D eigenvalue weighted by molar-refractivity contribution is 5.82. The number of nitrogens with one attached hydrogen (secondary N) is 1. The van der Waals surface area contributed by atoms with Gasteiger partial charge in [-0.05, 0) is 25.7 Å². The summed E-state index contributed by atoms with van der Waals surface area (Å²) in [5.74, 6) is 1.22. The number of rotatable bonds is 1. The molecule has 0 unspecified atom stereocenters. The number of piperidine rings is 1. The Morgan fingerprint density at radius 2 is 1.85 bits per heavy atom.